The summed E-state index contributed by atoms with van der Waals surface area (Å²) in [4.78, 5) is 4.28. The minimum absolute atomic E-state index is 0.365. The number of rotatable bonds is 6. The molecule has 1 aromatic heterocycles. The van der Waals surface area contributed by atoms with Gasteiger partial charge in [-0.2, -0.15) is 0 Å². The summed E-state index contributed by atoms with van der Waals surface area (Å²) in [7, 11) is 0. The van der Waals surface area contributed by atoms with Crippen molar-refractivity contribution in [2.75, 3.05) is 13.1 Å². The van der Waals surface area contributed by atoms with Gasteiger partial charge in [0.1, 0.15) is 0 Å². The Balaban J connectivity index is 2.04. The fourth-order valence-corrected chi connectivity index (χ4v) is 3.00. The zero-order valence-electron chi connectivity index (χ0n) is 11.1. The molecule has 0 saturated heterocycles. The Bertz CT molecular complexity index is 328. The maximum atomic E-state index is 4.28. The van der Waals surface area contributed by atoms with Crippen LogP contribution in [0, 0.1) is 5.92 Å². The number of aromatic nitrogens is 1. The van der Waals surface area contributed by atoms with Crippen molar-refractivity contribution in [3.05, 3.63) is 30.1 Å². The smallest absolute Gasteiger partial charge is 0.0306 e. The van der Waals surface area contributed by atoms with Gasteiger partial charge in [-0.15, -0.1) is 0 Å². The molecule has 0 aliphatic heterocycles. The van der Waals surface area contributed by atoms with Crippen LogP contribution in [0.3, 0.4) is 0 Å². The Morgan fingerprint density at radius 1 is 1.41 bits per heavy atom. The quantitative estimate of drug-likeness (QED) is 0.762. The molecule has 1 saturated carbocycles. The normalized spacial score (nSPS) is 27.8. The van der Waals surface area contributed by atoms with E-state index in [0.717, 1.165) is 19.0 Å². The first-order valence-electron chi connectivity index (χ1n) is 6.92. The van der Waals surface area contributed by atoms with Crippen molar-refractivity contribution in [2.24, 2.45) is 5.92 Å². The third kappa shape index (κ3) is 2.68. The first-order valence-corrected chi connectivity index (χ1v) is 6.92. The van der Waals surface area contributed by atoms with Gasteiger partial charge in [0.25, 0.3) is 0 Å². The van der Waals surface area contributed by atoms with E-state index < -0.39 is 0 Å². The van der Waals surface area contributed by atoms with Gasteiger partial charge in [0.05, 0.1) is 0 Å². The Hall–Kier alpha value is -0.890. The first-order chi connectivity index (χ1) is 8.30. The molecule has 1 heterocycles. The minimum Gasteiger partial charge on any atom is -0.316 e. The summed E-state index contributed by atoms with van der Waals surface area (Å²) in [6.45, 7) is 6.76. The van der Waals surface area contributed by atoms with Crippen molar-refractivity contribution in [2.45, 2.75) is 44.9 Å². The lowest BCUT2D eigenvalue weighted by atomic mass is 9.58. The average Bonchev–Trinajstić information content (AvgIpc) is 2.33. The molecule has 0 spiro atoms. The number of pyridine rings is 1. The van der Waals surface area contributed by atoms with Crippen LogP contribution in [0.2, 0.25) is 0 Å². The lowest BCUT2D eigenvalue weighted by molar-refractivity contribution is 0.133. The molecule has 94 valence electrons. The Morgan fingerprint density at radius 3 is 2.82 bits per heavy atom. The molecule has 0 bridgehead atoms. The highest BCUT2D eigenvalue weighted by molar-refractivity contribution is 5.26. The number of nitrogens with zero attached hydrogens (tertiary/aromatic N) is 1. The van der Waals surface area contributed by atoms with Crippen LogP contribution in [-0.2, 0) is 5.41 Å². The van der Waals surface area contributed by atoms with E-state index in [2.05, 4.69) is 42.5 Å². The molecule has 1 N–H and O–H groups in total. The second-order valence-electron chi connectivity index (χ2n) is 5.38. The summed E-state index contributed by atoms with van der Waals surface area (Å²) in [6, 6.07) is 4.31. The summed E-state index contributed by atoms with van der Waals surface area (Å²) in [5.74, 6) is 0.915. The predicted octanol–water partition coefficient (Wildman–Crippen LogP) is 3.14. The second kappa shape index (κ2) is 5.63. The fourth-order valence-electron chi connectivity index (χ4n) is 3.00. The van der Waals surface area contributed by atoms with E-state index in [1.54, 1.807) is 0 Å². The van der Waals surface area contributed by atoms with E-state index in [4.69, 9.17) is 0 Å². The van der Waals surface area contributed by atoms with Crippen molar-refractivity contribution in [1.82, 2.24) is 10.3 Å². The van der Waals surface area contributed by atoms with Crippen LogP contribution < -0.4 is 5.32 Å². The highest BCUT2D eigenvalue weighted by Gasteiger charge is 2.44. The fraction of sp³-hybridized carbons (Fsp3) is 0.667. The molecular weight excluding hydrogens is 208 g/mol. The number of hydrogen-bond acceptors (Lipinski definition) is 2. The van der Waals surface area contributed by atoms with Gasteiger partial charge in [0.2, 0.25) is 0 Å². The molecule has 17 heavy (non-hydrogen) atoms. The van der Waals surface area contributed by atoms with Gasteiger partial charge in [0, 0.05) is 24.4 Å². The largest absolute Gasteiger partial charge is 0.316 e. The topological polar surface area (TPSA) is 24.9 Å². The van der Waals surface area contributed by atoms with Crippen LogP contribution in [0.4, 0.5) is 0 Å². The van der Waals surface area contributed by atoms with Gasteiger partial charge in [-0.05, 0) is 43.4 Å². The monoisotopic (exact) mass is 232 g/mol. The van der Waals surface area contributed by atoms with Crippen molar-refractivity contribution in [1.29, 1.82) is 0 Å². The lowest BCUT2D eigenvalue weighted by Crippen LogP contribution is -2.48. The maximum Gasteiger partial charge on any atom is 0.0306 e. The van der Waals surface area contributed by atoms with Gasteiger partial charge in [0.15, 0.2) is 0 Å². The molecule has 2 heteroatoms. The van der Waals surface area contributed by atoms with Gasteiger partial charge < -0.3 is 5.32 Å². The van der Waals surface area contributed by atoms with E-state index in [-0.39, 0.29) is 0 Å². The third-order valence-corrected chi connectivity index (χ3v) is 4.10. The maximum absolute atomic E-state index is 4.28. The molecule has 1 aromatic rings. The Kier molecular flexibility index (Phi) is 4.16. The van der Waals surface area contributed by atoms with Crippen LogP contribution in [-0.4, -0.2) is 18.1 Å². The van der Waals surface area contributed by atoms with Crippen molar-refractivity contribution in [3.63, 3.8) is 0 Å². The molecule has 0 amide bonds. The van der Waals surface area contributed by atoms with Gasteiger partial charge in [-0.25, -0.2) is 0 Å². The lowest BCUT2D eigenvalue weighted by Gasteiger charge is -2.48. The van der Waals surface area contributed by atoms with Crippen LogP contribution in [0.1, 0.15) is 45.1 Å². The molecular formula is C15H24N2. The van der Waals surface area contributed by atoms with Crippen LogP contribution in [0.15, 0.2) is 24.5 Å². The number of hydrogen-bond donors (Lipinski definition) is 1. The van der Waals surface area contributed by atoms with E-state index in [0.29, 0.717) is 5.41 Å². The third-order valence-electron chi connectivity index (χ3n) is 4.10. The predicted molar refractivity (Wildman–Crippen MR) is 72.1 cm³/mol. The molecule has 2 nitrogen and oxygen atoms in total. The van der Waals surface area contributed by atoms with E-state index in [1.165, 1.54) is 31.2 Å². The van der Waals surface area contributed by atoms with Crippen LogP contribution in [0.25, 0.3) is 0 Å². The molecule has 0 aromatic carbocycles. The molecule has 0 unspecified atom stereocenters. The van der Waals surface area contributed by atoms with Gasteiger partial charge >= 0.3 is 0 Å². The van der Waals surface area contributed by atoms with Crippen molar-refractivity contribution < 1.29 is 0 Å². The summed E-state index contributed by atoms with van der Waals surface area (Å²) >= 11 is 0. The van der Waals surface area contributed by atoms with Crippen LogP contribution in [0.5, 0.6) is 0 Å². The molecule has 2 rings (SSSR count). The molecule has 1 aliphatic rings. The summed E-state index contributed by atoms with van der Waals surface area (Å²) in [5, 5.41) is 3.59. The highest BCUT2D eigenvalue weighted by atomic mass is 14.9. The molecule has 0 atom stereocenters. The van der Waals surface area contributed by atoms with Crippen molar-refractivity contribution >= 4 is 0 Å². The highest BCUT2D eigenvalue weighted by Crippen LogP contribution is 2.48. The Morgan fingerprint density at radius 2 is 2.24 bits per heavy atom. The number of nitrogens with one attached hydrogen (secondary N) is 1. The van der Waals surface area contributed by atoms with Gasteiger partial charge in [-0.1, -0.05) is 26.3 Å². The Labute approximate surface area is 105 Å². The molecule has 1 aliphatic carbocycles. The summed E-state index contributed by atoms with van der Waals surface area (Å²) < 4.78 is 0. The van der Waals surface area contributed by atoms with E-state index in [9.17, 15) is 0 Å². The summed E-state index contributed by atoms with van der Waals surface area (Å²) in [5.41, 5.74) is 1.79. The summed E-state index contributed by atoms with van der Waals surface area (Å²) in [6.07, 6.45) is 9.10. The molecule has 1 fully saturated rings. The van der Waals surface area contributed by atoms with Gasteiger partial charge in [-0.3, -0.25) is 4.98 Å². The molecule has 0 radical (unpaired) electrons. The van der Waals surface area contributed by atoms with Crippen LogP contribution >= 0.6 is 0 Å². The zero-order valence-corrected chi connectivity index (χ0v) is 11.1. The van der Waals surface area contributed by atoms with Crippen molar-refractivity contribution in [3.8, 4) is 0 Å². The van der Waals surface area contributed by atoms with E-state index in [1.807, 2.05) is 6.20 Å². The standard InChI is InChI=1S/C15H24N2/c1-3-7-17-12-15(9-13(4-2)10-15)14-6-5-8-16-11-14/h5-6,8,11,13,17H,3-4,7,9-10,12H2,1-2H3. The second-order valence-corrected chi connectivity index (χ2v) is 5.38. The first kappa shape index (κ1) is 12.6. The SMILES string of the molecule is CCCNCC1(c2cccnc2)CC(CC)C1. The zero-order chi connectivity index (χ0) is 12.1. The minimum atomic E-state index is 0.365. The average molecular weight is 232 g/mol. The van der Waals surface area contributed by atoms with E-state index >= 15 is 0 Å².